The van der Waals surface area contributed by atoms with Gasteiger partial charge in [0, 0.05) is 50.4 Å². The Morgan fingerprint density at radius 1 is 1.23 bits per heavy atom. The Morgan fingerprint density at radius 3 is 2.58 bits per heavy atom. The Morgan fingerprint density at radius 2 is 1.96 bits per heavy atom. The molecule has 144 valence electrons. The number of piperidine rings is 1. The molecule has 0 saturated carbocycles. The van der Waals surface area contributed by atoms with Crippen molar-refractivity contribution in [1.82, 2.24) is 9.80 Å². The number of halogens is 1. The van der Waals surface area contributed by atoms with Crippen LogP contribution in [-0.2, 0) is 0 Å². The molecule has 0 aliphatic carbocycles. The minimum absolute atomic E-state index is 0.0427. The highest BCUT2D eigenvalue weighted by atomic mass is 19.1. The zero-order chi connectivity index (χ0) is 18.7. The predicted molar refractivity (Wildman–Crippen MR) is 103 cm³/mol. The van der Waals surface area contributed by atoms with Crippen LogP contribution in [0.4, 0.5) is 10.1 Å². The zero-order valence-corrected chi connectivity index (χ0v) is 16.0. The molecule has 2 atom stereocenters. The van der Waals surface area contributed by atoms with E-state index in [1.54, 1.807) is 12.1 Å². The molecule has 3 rings (SSSR count). The Hall–Kier alpha value is -1.66. The van der Waals surface area contributed by atoms with E-state index < -0.39 is 0 Å². The van der Waals surface area contributed by atoms with Gasteiger partial charge in [-0.05, 0) is 50.9 Å². The molecule has 2 aliphatic rings. The van der Waals surface area contributed by atoms with Crippen molar-refractivity contribution in [2.75, 3.05) is 44.2 Å². The second kappa shape index (κ2) is 8.35. The van der Waals surface area contributed by atoms with E-state index in [0.29, 0.717) is 17.8 Å². The van der Waals surface area contributed by atoms with Gasteiger partial charge in [-0.15, -0.1) is 0 Å². The van der Waals surface area contributed by atoms with E-state index in [0.717, 1.165) is 52.0 Å². The highest BCUT2D eigenvalue weighted by Crippen LogP contribution is 2.25. The maximum atomic E-state index is 14.7. The van der Waals surface area contributed by atoms with Gasteiger partial charge in [-0.2, -0.15) is 0 Å². The molecular weight excluding hydrogens is 331 g/mol. The molecule has 1 amide bonds. The average molecular weight is 362 g/mol. The number of nitrogens with two attached hydrogens (primary N) is 1. The van der Waals surface area contributed by atoms with Gasteiger partial charge in [0.25, 0.3) is 5.91 Å². The standard InChI is InChI=1S/C20H31FN4O/c1-3-23-10-12-24(13-11-23)19-8-7-16(14-17(19)21)20(26)25-9-5-4-6-18(25)15(2)22/h7-8,14-15,18H,3-6,9-13,22H2,1-2H3/t15-,18+/m0/s1. The fourth-order valence-electron chi connectivity index (χ4n) is 4.12. The predicted octanol–water partition coefficient (Wildman–Crippen LogP) is 2.31. The highest BCUT2D eigenvalue weighted by Gasteiger charge is 2.30. The number of hydrogen-bond donors (Lipinski definition) is 1. The van der Waals surface area contributed by atoms with Crippen LogP contribution in [0.2, 0.25) is 0 Å². The molecule has 2 heterocycles. The van der Waals surface area contributed by atoms with Crippen molar-refractivity contribution in [2.45, 2.75) is 45.2 Å². The first-order valence-corrected chi connectivity index (χ1v) is 9.84. The van der Waals surface area contributed by atoms with E-state index >= 15 is 0 Å². The monoisotopic (exact) mass is 362 g/mol. The summed E-state index contributed by atoms with van der Waals surface area (Å²) in [6.07, 6.45) is 3.00. The van der Waals surface area contributed by atoms with Crippen molar-refractivity contribution in [3.63, 3.8) is 0 Å². The van der Waals surface area contributed by atoms with Gasteiger partial charge in [-0.25, -0.2) is 4.39 Å². The van der Waals surface area contributed by atoms with Gasteiger partial charge in [-0.3, -0.25) is 4.79 Å². The highest BCUT2D eigenvalue weighted by molar-refractivity contribution is 5.95. The number of nitrogens with zero attached hydrogens (tertiary/aromatic N) is 3. The van der Waals surface area contributed by atoms with Gasteiger partial charge < -0.3 is 20.4 Å². The van der Waals surface area contributed by atoms with Crippen LogP contribution in [0.25, 0.3) is 0 Å². The molecule has 0 aromatic heterocycles. The Balaban J connectivity index is 1.73. The third-order valence-corrected chi connectivity index (χ3v) is 5.77. The zero-order valence-electron chi connectivity index (χ0n) is 16.0. The van der Waals surface area contributed by atoms with Crippen molar-refractivity contribution >= 4 is 11.6 Å². The van der Waals surface area contributed by atoms with Crippen LogP contribution in [0.1, 0.15) is 43.5 Å². The van der Waals surface area contributed by atoms with E-state index in [9.17, 15) is 9.18 Å². The van der Waals surface area contributed by atoms with E-state index in [1.807, 2.05) is 11.8 Å². The summed E-state index contributed by atoms with van der Waals surface area (Å²) in [4.78, 5) is 19.2. The van der Waals surface area contributed by atoms with Crippen LogP contribution >= 0.6 is 0 Å². The number of rotatable bonds is 4. The summed E-state index contributed by atoms with van der Waals surface area (Å²) in [5.41, 5.74) is 7.09. The number of anilines is 1. The Labute approximate surface area is 155 Å². The first-order valence-electron chi connectivity index (χ1n) is 9.84. The Bertz CT molecular complexity index is 628. The fraction of sp³-hybridized carbons (Fsp3) is 0.650. The van der Waals surface area contributed by atoms with Crippen LogP contribution in [0.3, 0.4) is 0 Å². The molecule has 2 saturated heterocycles. The van der Waals surface area contributed by atoms with E-state index in [2.05, 4.69) is 16.7 Å². The molecule has 5 nitrogen and oxygen atoms in total. The summed E-state index contributed by atoms with van der Waals surface area (Å²) in [6, 6.07) is 4.89. The second-order valence-electron chi connectivity index (χ2n) is 7.51. The number of hydrogen-bond acceptors (Lipinski definition) is 4. The summed E-state index contributed by atoms with van der Waals surface area (Å²) in [5.74, 6) is -0.414. The van der Waals surface area contributed by atoms with Gasteiger partial charge >= 0.3 is 0 Å². The van der Waals surface area contributed by atoms with Crippen molar-refractivity contribution < 1.29 is 9.18 Å². The summed E-state index contributed by atoms with van der Waals surface area (Å²) in [6.45, 7) is 9.34. The van der Waals surface area contributed by atoms with Crippen molar-refractivity contribution in [1.29, 1.82) is 0 Å². The lowest BCUT2D eigenvalue weighted by Crippen LogP contribution is -2.51. The van der Waals surface area contributed by atoms with Crippen LogP contribution in [-0.4, -0.2) is 67.1 Å². The lowest BCUT2D eigenvalue weighted by Gasteiger charge is -2.38. The maximum absolute atomic E-state index is 14.7. The van der Waals surface area contributed by atoms with Gasteiger partial charge in [-0.1, -0.05) is 6.92 Å². The minimum atomic E-state index is -0.310. The Kier molecular flexibility index (Phi) is 6.14. The van der Waals surface area contributed by atoms with E-state index in [-0.39, 0.29) is 23.8 Å². The van der Waals surface area contributed by atoms with Gasteiger partial charge in [0.1, 0.15) is 5.82 Å². The number of amides is 1. The van der Waals surface area contributed by atoms with Gasteiger partial charge in [0.15, 0.2) is 0 Å². The molecule has 0 spiro atoms. The summed E-state index contributed by atoms with van der Waals surface area (Å²) in [5, 5.41) is 0. The summed E-state index contributed by atoms with van der Waals surface area (Å²) in [7, 11) is 0. The van der Waals surface area contributed by atoms with E-state index in [1.165, 1.54) is 6.07 Å². The molecule has 6 heteroatoms. The SMILES string of the molecule is CCN1CCN(c2ccc(C(=O)N3CCCC[C@@H]3[C@H](C)N)cc2F)CC1. The topological polar surface area (TPSA) is 52.8 Å². The van der Waals surface area contributed by atoms with Gasteiger partial charge in [0.2, 0.25) is 0 Å². The number of benzene rings is 1. The molecule has 2 fully saturated rings. The number of likely N-dealkylation sites (N-methyl/N-ethyl adjacent to an activating group) is 1. The lowest BCUT2D eigenvalue weighted by molar-refractivity contribution is 0.0583. The number of likely N-dealkylation sites (tertiary alicyclic amines) is 1. The van der Waals surface area contributed by atoms with Crippen LogP contribution < -0.4 is 10.6 Å². The molecule has 1 aromatic rings. The summed E-state index contributed by atoms with van der Waals surface area (Å²) < 4.78 is 14.7. The van der Waals surface area contributed by atoms with E-state index in [4.69, 9.17) is 5.73 Å². The van der Waals surface area contributed by atoms with Crippen molar-refractivity contribution in [3.05, 3.63) is 29.6 Å². The average Bonchev–Trinajstić information content (AvgIpc) is 2.67. The van der Waals surface area contributed by atoms with Crippen LogP contribution in [0.5, 0.6) is 0 Å². The molecule has 2 aliphatic heterocycles. The normalized spacial score (nSPS) is 23.2. The summed E-state index contributed by atoms with van der Waals surface area (Å²) >= 11 is 0. The van der Waals surface area contributed by atoms with Crippen molar-refractivity contribution in [2.24, 2.45) is 5.73 Å². The first-order chi connectivity index (χ1) is 12.5. The molecule has 0 radical (unpaired) electrons. The quantitative estimate of drug-likeness (QED) is 0.893. The number of piperazine rings is 1. The second-order valence-corrected chi connectivity index (χ2v) is 7.51. The molecular formula is C20H31FN4O. The largest absolute Gasteiger partial charge is 0.367 e. The molecule has 0 bridgehead atoms. The number of carbonyl (C=O) groups is 1. The van der Waals surface area contributed by atoms with Crippen molar-refractivity contribution in [3.8, 4) is 0 Å². The first kappa shape index (κ1) is 19.1. The smallest absolute Gasteiger partial charge is 0.254 e. The van der Waals surface area contributed by atoms with Crippen LogP contribution in [0.15, 0.2) is 18.2 Å². The van der Waals surface area contributed by atoms with Gasteiger partial charge in [0.05, 0.1) is 5.69 Å². The molecule has 2 N–H and O–H groups in total. The number of carbonyl (C=O) groups excluding carboxylic acids is 1. The molecule has 0 unspecified atom stereocenters. The van der Waals surface area contributed by atoms with Crippen LogP contribution in [0, 0.1) is 5.82 Å². The molecule has 1 aromatic carbocycles. The third kappa shape index (κ3) is 4.01. The molecule has 26 heavy (non-hydrogen) atoms. The lowest BCUT2D eigenvalue weighted by atomic mass is 9.96. The fourth-order valence-corrected chi connectivity index (χ4v) is 4.12. The third-order valence-electron chi connectivity index (χ3n) is 5.77. The minimum Gasteiger partial charge on any atom is -0.367 e. The maximum Gasteiger partial charge on any atom is 0.254 e.